The summed E-state index contributed by atoms with van der Waals surface area (Å²) in [6.07, 6.45) is 1.53. The molecule has 0 spiro atoms. The summed E-state index contributed by atoms with van der Waals surface area (Å²) in [5.41, 5.74) is 2.68. The van der Waals surface area contributed by atoms with Crippen LogP contribution in [0, 0.1) is 0 Å². The van der Waals surface area contributed by atoms with Crippen molar-refractivity contribution in [3.05, 3.63) is 76.8 Å². The second-order valence-corrected chi connectivity index (χ2v) is 11.4. The van der Waals surface area contributed by atoms with Gasteiger partial charge in [-0.25, -0.2) is 4.98 Å². The standard InChI is InChI=1S/C30H34N4O4S/c1-18(17-37-5)32-26-13-10-20(16-31-26)28(35)33-22-9-7-8-19-14-25(39-27(19)22)29(36)34-23-15-21(30(2,3)4)11-12-24(23)38-6/h7-16,18H,17H2,1-6H3,(H,31,32)(H,33,35)(H,34,36)/t18-/m0/s1. The van der Waals surface area contributed by atoms with Crippen LogP contribution in [0.1, 0.15) is 53.3 Å². The van der Waals surface area contributed by atoms with Gasteiger partial charge in [0.2, 0.25) is 0 Å². The smallest absolute Gasteiger partial charge is 0.265 e. The largest absolute Gasteiger partial charge is 0.495 e. The summed E-state index contributed by atoms with van der Waals surface area (Å²) >= 11 is 1.32. The Kier molecular flexibility index (Phi) is 8.52. The lowest BCUT2D eigenvalue weighted by molar-refractivity contribution is 0.102. The van der Waals surface area contributed by atoms with Crippen LogP contribution in [0.5, 0.6) is 5.75 Å². The first kappa shape index (κ1) is 28.1. The molecule has 0 saturated carbocycles. The summed E-state index contributed by atoms with van der Waals surface area (Å²) in [5, 5.41) is 10.0. The molecule has 0 aliphatic rings. The average molecular weight is 547 g/mol. The highest BCUT2D eigenvalue weighted by molar-refractivity contribution is 7.21. The number of thiophene rings is 1. The number of anilines is 3. The van der Waals surface area contributed by atoms with Gasteiger partial charge in [-0.3, -0.25) is 9.59 Å². The topological polar surface area (TPSA) is 102 Å². The molecule has 0 bridgehead atoms. The summed E-state index contributed by atoms with van der Waals surface area (Å²) in [5.74, 6) is 0.729. The number of carbonyl (C=O) groups is 2. The number of rotatable bonds is 9. The molecule has 2 amide bonds. The van der Waals surface area contributed by atoms with E-state index in [1.54, 1.807) is 26.4 Å². The zero-order chi connectivity index (χ0) is 28.2. The molecule has 4 rings (SSSR count). The van der Waals surface area contributed by atoms with Crippen molar-refractivity contribution in [2.75, 3.05) is 36.8 Å². The summed E-state index contributed by atoms with van der Waals surface area (Å²) in [7, 11) is 3.23. The van der Waals surface area contributed by atoms with E-state index in [1.807, 2.05) is 49.4 Å². The molecule has 2 aromatic carbocycles. The Balaban J connectivity index is 1.52. The molecular weight excluding hydrogens is 512 g/mol. The van der Waals surface area contributed by atoms with Crippen molar-refractivity contribution >= 4 is 50.4 Å². The second kappa shape index (κ2) is 11.8. The number of aromatic nitrogens is 1. The molecule has 4 aromatic rings. The SMILES string of the molecule is COC[C@H](C)Nc1ccc(C(=O)Nc2cccc3cc(C(=O)Nc4cc(C(C)(C)C)ccc4OC)sc23)cn1. The number of fused-ring (bicyclic) bond motifs is 1. The third kappa shape index (κ3) is 6.74. The van der Waals surface area contributed by atoms with Crippen molar-refractivity contribution in [3.8, 4) is 5.75 Å². The van der Waals surface area contributed by atoms with Crippen LogP contribution in [0.25, 0.3) is 10.1 Å². The lowest BCUT2D eigenvalue weighted by Gasteiger charge is -2.21. The number of carbonyl (C=O) groups excluding carboxylic acids is 2. The first-order valence-electron chi connectivity index (χ1n) is 12.6. The van der Waals surface area contributed by atoms with E-state index in [4.69, 9.17) is 9.47 Å². The number of methoxy groups -OCH3 is 2. The van der Waals surface area contributed by atoms with Crippen molar-refractivity contribution in [1.29, 1.82) is 0 Å². The fourth-order valence-electron chi connectivity index (χ4n) is 4.08. The van der Waals surface area contributed by atoms with Gasteiger partial charge in [0, 0.05) is 19.3 Å². The molecule has 9 heteroatoms. The number of pyridine rings is 1. The quantitative estimate of drug-likeness (QED) is 0.220. The van der Waals surface area contributed by atoms with Crippen LogP contribution in [-0.4, -0.2) is 43.7 Å². The molecule has 1 atom stereocenters. The first-order chi connectivity index (χ1) is 18.6. The molecule has 2 heterocycles. The lowest BCUT2D eigenvalue weighted by atomic mass is 9.87. The lowest BCUT2D eigenvalue weighted by Crippen LogP contribution is -2.21. The predicted molar refractivity (Wildman–Crippen MR) is 159 cm³/mol. The van der Waals surface area contributed by atoms with Crippen LogP contribution in [0.3, 0.4) is 0 Å². The van der Waals surface area contributed by atoms with Crippen molar-refractivity contribution < 1.29 is 19.1 Å². The van der Waals surface area contributed by atoms with Gasteiger partial charge in [-0.2, -0.15) is 0 Å². The van der Waals surface area contributed by atoms with E-state index in [9.17, 15) is 9.59 Å². The van der Waals surface area contributed by atoms with Gasteiger partial charge >= 0.3 is 0 Å². The molecule has 3 N–H and O–H groups in total. The van der Waals surface area contributed by atoms with Crippen molar-refractivity contribution in [3.63, 3.8) is 0 Å². The minimum Gasteiger partial charge on any atom is -0.495 e. The molecule has 0 radical (unpaired) electrons. The van der Waals surface area contributed by atoms with Crippen LogP contribution in [0.15, 0.2) is 60.8 Å². The maximum Gasteiger partial charge on any atom is 0.265 e. The Hall–Kier alpha value is -3.95. The maximum absolute atomic E-state index is 13.3. The normalized spacial score (nSPS) is 12.2. The highest BCUT2D eigenvalue weighted by Gasteiger charge is 2.19. The van der Waals surface area contributed by atoms with E-state index in [0.717, 1.165) is 15.6 Å². The van der Waals surface area contributed by atoms with Gasteiger partial charge in [-0.05, 0) is 59.7 Å². The summed E-state index contributed by atoms with van der Waals surface area (Å²) in [4.78, 5) is 31.1. The van der Waals surface area contributed by atoms with Gasteiger partial charge in [0.1, 0.15) is 11.6 Å². The van der Waals surface area contributed by atoms with E-state index in [1.165, 1.54) is 17.5 Å². The van der Waals surface area contributed by atoms with E-state index < -0.39 is 0 Å². The third-order valence-corrected chi connectivity index (χ3v) is 7.35. The van der Waals surface area contributed by atoms with Crippen LogP contribution < -0.4 is 20.7 Å². The van der Waals surface area contributed by atoms with E-state index >= 15 is 0 Å². The first-order valence-corrected chi connectivity index (χ1v) is 13.5. The molecule has 0 fully saturated rings. The van der Waals surface area contributed by atoms with Crippen LogP contribution >= 0.6 is 11.3 Å². The van der Waals surface area contributed by atoms with Crippen LogP contribution in [0.4, 0.5) is 17.2 Å². The molecule has 204 valence electrons. The number of hydrogen-bond donors (Lipinski definition) is 3. The Morgan fingerprint density at radius 2 is 1.74 bits per heavy atom. The maximum atomic E-state index is 13.3. The van der Waals surface area contributed by atoms with Crippen LogP contribution in [0.2, 0.25) is 0 Å². The Morgan fingerprint density at radius 1 is 0.974 bits per heavy atom. The van der Waals surface area contributed by atoms with Gasteiger partial charge < -0.3 is 25.4 Å². The molecule has 0 unspecified atom stereocenters. The Labute approximate surface area is 232 Å². The van der Waals surface area contributed by atoms with Gasteiger partial charge in [0.05, 0.1) is 40.2 Å². The van der Waals surface area contributed by atoms with E-state index in [-0.39, 0.29) is 23.3 Å². The zero-order valence-electron chi connectivity index (χ0n) is 23.0. The van der Waals surface area contributed by atoms with E-state index in [2.05, 4.69) is 41.7 Å². The van der Waals surface area contributed by atoms with Crippen LogP contribution in [-0.2, 0) is 10.2 Å². The third-order valence-electron chi connectivity index (χ3n) is 6.17. The van der Waals surface area contributed by atoms with Gasteiger partial charge in [0.15, 0.2) is 0 Å². The fourth-order valence-corrected chi connectivity index (χ4v) is 5.11. The number of amides is 2. The van der Waals surface area contributed by atoms with Gasteiger partial charge in [-0.1, -0.05) is 39.0 Å². The molecule has 0 aliphatic heterocycles. The number of nitrogens with one attached hydrogen (secondary N) is 3. The summed E-state index contributed by atoms with van der Waals surface area (Å²) in [6.45, 7) is 8.89. The number of ether oxygens (including phenoxy) is 2. The monoisotopic (exact) mass is 546 g/mol. The van der Waals surface area contributed by atoms with Crippen molar-refractivity contribution in [2.24, 2.45) is 0 Å². The van der Waals surface area contributed by atoms with Crippen molar-refractivity contribution in [1.82, 2.24) is 4.98 Å². The van der Waals surface area contributed by atoms with Gasteiger partial charge in [0.25, 0.3) is 11.8 Å². The van der Waals surface area contributed by atoms with Crippen molar-refractivity contribution in [2.45, 2.75) is 39.2 Å². The zero-order valence-corrected chi connectivity index (χ0v) is 23.9. The number of hydrogen-bond acceptors (Lipinski definition) is 7. The highest BCUT2D eigenvalue weighted by Crippen LogP contribution is 2.35. The fraction of sp³-hybridized carbons (Fsp3) is 0.300. The molecule has 8 nitrogen and oxygen atoms in total. The number of benzene rings is 2. The second-order valence-electron chi connectivity index (χ2n) is 10.3. The summed E-state index contributed by atoms with van der Waals surface area (Å²) < 4.78 is 11.4. The minimum absolute atomic E-state index is 0.0781. The Morgan fingerprint density at radius 3 is 2.41 bits per heavy atom. The van der Waals surface area contributed by atoms with E-state index in [0.29, 0.717) is 40.0 Å². The minimum atomic E-state index is -0.283. The number of nitrogens with zero attached hydrogens (tertiary/aromatic N) is 1. The highest BCUT2D eigenvalue weighted by atomic mass is 32.1. The Bertz CT molecular complexity index is 1470. The van der Waals surface area contributed by atoms with Gasteiger partial charge in [-0.15, -0.1) is 11.3 Å². The molecule has 0 aliphatic carbocycles. The predicted octanol–water partition coefficient (Wildman–Crippen LogP) is 6.55. The average Bonchev–Trinajstić information content (AvgIpc) is 3.34. The molecule has 2 aromatic heterocycles. The molecular formula is C30H34N4O4S. The molecule has 0 saturated heterocycles. The summed E-state index contributed by atoms with van der Waals surface area (Å²) in [6, 6.07) is 16.8. The molecule has 39 heavy (non-hydrogen) atoms.